The molecule has 3 heteroatoms. The molecule has 3 rings (SSSR count). The summed E-state index contributed by atoms with van der Waals surface area (Å²) in [6.07, 6.45) is 10.4. The van der Waals surface area contributed by atoms with Crippen molar-refractivity contribution in [1.82, 2.24) is 14.9 Å². The molecule has 1 aromatic heterocycles. The van der Waals surface area contributed by atoms with Crippen molar-refractivity contribution < 1.29 is 0 Å². The van der Waals surface area contributed by atoms with Crippen LogP contribution < -0.4 is 5.32 Å². The molecule has 0 aliphatic heterocycles. The van der Waals surface area contributed by atoms with Crippen LogP contribution in [0.1, 0.15) is 38.5 Å². The van der Waals surface area contributed by atoms with Gasteiger partial charge in [0.25, 0.3) is 0 Å². The molecule has 0 radical (unpaired) electrons. The first-order valence-corrected chi connectivity index (χ1v) is 7.95. The van der Waals surface area contributed by atoms with Crippen LogP contribution in [-0.4, -0.2) is 22.6 Å². The van der Waals surface area contributed by atoms with Crippen molar-refractivity contribution in [2.75, 3.05) is 7.05 Å². The summed E-state index contributed by atoms with van der Waals surface area (Å²) in [5.74, 6) is 0.809. The van der Waals surface area contributed by atoms with E-state index in [0.29, 0.717) is 6.04 Å². The summed E-state index contributed by atoms with van der Waals surface area (Å²) in [7, 11) is 2.11. The Hall–Kier alpha value is -1.35. The smallest absolute Gasteiger partial charge is 0.0958 e. The number of nitrogens with one attached hydrogen (secondary N) is 1. The zero-order valence-electron chi connectivity index (χ0n) is 12.4. The molecule has 1 aliphatic rings. The molecule has 1 atom stereocenters. The fourth-order valence-corrected chi connectivity index (χ4v) is 3.56. The van der Waals surface area contributed by atoms with Crippen molar-refractivity contribution in [1.29, 1.82) is 0 Å². The average Bonchev–Trinajstić information content (AvgIpc) is 2.71. The zero-order valence-corrected chi connectivity index (χ0v) is 12.4. The second kappa shape index (κ2) is 6.40. The molecule has 108 valence electrons. The van der Waals surface area contributed by atoms with E-state index < -0.39 is 0 Å². The van der Waals surface area contributed by atoms with Gasteiger partial charge >= 0.3 is 0 Å². The molecule has 1 N–H and O–H groups in total. The van der Waals surface area contributed by atoms with E-state index in [-0.39, 0.29) is 0 Å². The third-order valence-corrected chi connectivity index (χ3v) is 4.76. The van der Waals surface area contributed by atoms with Crippen molar-refractivity contribution >= 4 is 11.0 Å². The summed E-state index contributed by atoms with van der Waals surface area (Å²) in [6.45, 7) is 1.03. The lowest BCUT2D eigenvalue weighted by molar-refractivity contribution is 0.306. The number of likely N-dealkylation sites (N-methyl/N-ethyl adjacent to an activating group) is 1. The molecule has 1 saturated carbocycles. The lowest BCUT2D eigenvalue weighted by Crippen LogP contribution is -2.37. The topological polar surface area (TPSA) is 29.9 Å². The number of aromatic nitrogens is 2. The van der Waals surface area contributed by atoms with Crippen LogP contribution >= 0.6 is 0 Å². The maximum absolute atomic E-state index is 4.50. The predicted molar refractivity (Wildman–Crippen MR) is 83.8 cm³/mol. The molecule has 0 spiro atoms. The summed E-state index contributed by atoms with van der Waals surface area (Å²) < 4.78 is 2.31. The van der Waals surface area contributed by atoms with Gasteiger partial charge in [-0.05, 0) is 37.9 Å². The maximum Gasteiger partial charge on any atom is 0.0958 e. The Morgan fingerprint density at radius 3 is 2.70 bits per heavy atom. The zero-order chi connectivity index (χ0) is 13.8. The van der Waals surface area contributed by atoms with Gasteiger partial charge in [0.15, 0.2) is 0 Å². The van der Waals surface area contributed by atoms with Gasteiger partial charge in [-0.15, -0.1) is 0 Å². The van der Waals surface area contributed by atoms with Crippen LogP contribution in [0.2, 0.25) is 0 Å². The van der Waals surface area contributed by atoms with E-state index in [0.717, 1.165) is 18.0 Å². The normalized spacial score (nSPS) is 19.1. The number of hydrogen-bond donors (Lipinski definition) is 1. The van der Waals surface area contributed by atoms with Gasteiger partial charge in [-0.2, -0.15) is 0 Å². The lowest BCUT2D eigenvalue weighted by Gasteiger charge is -2.26. The van der Waals surface area contributed by atoms with Crippen molar-refractivity contribution in [2.45, 2.75) is 51.1 Å². The molecule has 0 amide bonds. The number of imidazole rings is 1. The molecule has 0 saturated heterocycles. The molecule has 2 aromatic rings. The fraction of sp³-hybridized carbons (Fsp3) is 0.588. The van der Waals surface area contributed by atoms with E-state index in [9.17, 15) is 0 Å². The van der Waals surface area contributed by atoms with E-state index in [1.54, 1.807) is 0 Å². The first-order valence-electron chi connectivity index (χ1n) is 7.95. The van der Waals surface area contributed by atoms with Gasteiger partial charge in [0, 0.05) is 12.6 Å². The summed E-state index contributed by atoms with van der Waals surface area (Å²) in [4.78, 5) is 4.50. The average molecular weight is 271 g/mol. The highest BCUT2D eigenvalue weighted by Crippen LogP contribution is 2.26. The Balaban J connectivity index is 1.76. The Morgan fingerprint density at radius 2 is 1.95 bits per heavy atom. The van der Waals surface area contributed by atoms with Crippen molar-refractivity contribution in [3.05, 3.63) is 30.6 Å². The Morgan fingerprint density at radius 1 is 1.20 bits per heavy atom. The Labute approximate surface area is 121 Å². The minimum absolute atomic E-state index is 0.561. The number of nitrogens with zero attached hydrogens (tertiary/aromatic N) is 2. The predicted octanol–water partition coefficient (Wildman–Crippen LogP) is 3.59. The van der Waals surface area contributed by atoms with Crippen molar-refractivity contribution in [2.24, 2.45) is 5.92 Å². The van der Waals surface area contributed by atoms with Gasteiger partial charge in [-0.25, -0.2) is 4.98 Å². The van der Waals surface area contributed by atoms with Gasteiger partial charge in [0.2, 0.25) is 0 Å². The quantitative estimate of drug-likeness (QED) is 0.861. The summed E-state index contributed by atoms with van der Waals surface area (Å²) in [5.41, 5.74) is 2.35. The maximum atomic E-state index is 4.50. The van der Waals surface area contributed by atoms with Crippen molar-refractivity contribution in [3.63, 3.8) is 0 Å². The van der Waals surface area contributed by atoms with Crippen LogP contribution in [0, 0.1) is 5.92 Å². The van der Waals surface area contributed by atoms with Crippen LogP contribution in [0.15, 0.2) is 30.6 Å². The van der Waals surface area contributed by atoms with Gasteiger partial charge in [-0.3, -0.25) is 0 Å². The highest BCUT2D eigenvalue weighted by Gasteiger charge is 2.22. The summed E-state index contributed by atoms with van der Waals surface area (Å²) >= 11 is 0. The van der Waals surface area contributed by atoms with E-state index >= 15 is 0 Å². The minimum atomic E-state index is 0.561. The van der Waals surface area contributed by atoms with E-state index in [1.165, 1.54) is 44.0 Å². The molecule has 1 heterocycles. The molecule has 3 nitrogen and oxygen atoms in total. The third-order valence-electron chi connectivity index (χ3n) is 4.76. The number of para-hydroxylation sites is 2. The Bertz CT molecular complexity index is 538. The first kappa shape index (κ1) is 13.6. The van der Waals surface area contributed by atoms with Gasteiger partial charge in [-0.1, -0.05) is 37.8 Å². The standard InChI is InChI=1S/C17H25N3/c1-18-16(14-8-4-2-3-5-9-14)12-20-13-19-15-10-6-7-11-17(15)20/h6-7,10-11,13-14,16,18H,2-5,8-9,12H2,1H3. The highest BCUT2D eigenvalue weighted by molar-refractivity contribution is 5.74. The second-order valence-corrected chi connectivity index (χ2v) is 6.03. The molecule has 1 unspecified atom stereocenters. The van der Waals surface area contributed by atoms with E-state index in [4.69, 9.17) is 0 Å². The summed E-state index contributed by atoms with van der Waals surface area (Å²) in [5, 5.41) is 3.55. The van der Waals surface area contributed by atoms with Crippen LogP contribution in [0.25, 0.3) is 11.0 Å². The second-order valence-electron chi connectivity index (χ2n) is 6.03. The third kappa shape index (κ3) is 2.88. The lowest BCUT2D eigenvalue weighted by atomic mass is 9.92. The fourth-order valence-electron chi connectivity index (χ4n) is 3.56. The van der Waals surface area contributed by atoms with Crippen molar-refractivity contribution in [3.8, 4) is 0 Å². The number of hydrogen-bond acceptors (Lipinski definition) is 2. The molecule has 0 bridgehead atoms. The minimum Gasteiger partial charge on any atom is -0.329 e. The largest absolute Gasteiger partial charge is 0.329 e. The van der Waals surface area contributed by atoms with Gasteiger partial charge < -0.3 is 9.88 Å². The van der Waals surface area contributed by atoms with Gasteiger partial charge in [0.1, 0.15) is 0 Å². The van der Waals surface area contributed by atoms with E-state index in [2.05, 4.69) is 46.2 Å². The van der Waals surface area contributed by atoms with Crippen LogP contribution in [0.3, 0.4) is 0 Å². The van der Waals surface area contributed by atoms with Crippen LogP contribution in [-0.2, 0) is 6.54 Å². The highest BCUT2D eigenvalue weighted by atomic mass is 15.1. The van der Waals surface area contributed by atoms with Crippen LogP contribution in [0.5, 0.6) is 0 Å². The molecule has 20 heavy (non-hydrogen) atoms. The van der Waals surface area contributed by atoms with E-state index in [1.807, 2.05) is 6.33 Å². The molecule has 1 fully saturated rings. The molecule has 1 aromatic carbocycles. The molecular formula is C17H25N3. The SMILES string of the molecule is CNC(Cn1cnc2ccccc21)C1CCCCCC1. The summed E-state index contributed by atoms with van der Waals surface area (Å²) in [6, 6.07) is 8.97. The number of benzene rings is 1. The monoisotopic (exact) mass is 271 g/mol. The molecule has 1 aliphatic carbocycles. The first-order chi connectivity index (χ1) is 9.88. The van der Waals surface area contributed by atoms with Gasteiger partial charge in [0.05, 0.1) is 17.4 Å². The Kier molecular flexibility index (Phi) is 4.36. The number of fused-ring (bicyclic) bond motifs is 1. The molecular weight excluding hydrogens is 246 g/mol. The number of rotatable bonds is 4. The van der Waals surface area contributed by atoms with Crippen LogP contribution in [0.4, 0.5) is 0 Å².